The molecule has 34 heteroatoms. The van der Waals surface area contributed by atoms with Crippen molar-refractivity contribution in [2.45, 2.75) is 74.3 Å². The van der Waals surface area contributed by atoms with Gasteiger partial charge < -0.3 is 64.6 Å². The van der Waals surface area contributed by atoms with Gasteiger partial charge in [-0.05, 0) is 227 Å². The summed E-state index contributed by atoms with van der Waals surface area (Å²) < 4.78 is 51.5. The van der Waals surface area contributed by atoms with Gasteiger partial charge in [0.15, 0.2) is 11.6 Å². The van der Waals surface area contributed by atoms with Crippen molar-refractivity contribution in [3.8, 4) is 28.4 Å². The standard InChI is InChI=1S/C24H17FN6O.C20H18N6.C19H18FN5S.C15H12FN5S.C15H13N5S/c25-19-12-17(29-23-13-20(30-24(26)31-23)15-6-9-27-10-7-15)4-5-22(19)32-21-3-1-2-16-14-28-11-8-18(16)21;21-20-24-17-3-1-2-16(17)19(25-20)23-14-4-5-18-13(12-14)8-11-26(18)15-6-9-22-10-7-15;20-15-11-12(5-6-17(15)26-13-7-9-22-10-8-13)23-18-14-3-1-2-4-16(14)24-19(21)25-18;16-12-9-10(20-14-5-8-19-15(17)21-14)1-2-13(12)22-11-3-6-18-7-4-11;16-15-18-10-7-14(20-15)19-11-1-3-12(4-2-11)21-13-5-8-17-9-6-13/h1-14H,(H3,26,29,30,31);4-12H,1-3H2,(H3,21,23,24,25);5-11H,1-4H2,(H3,21,23,24,25);1-9H,(H3,17,19,20,21);1-10H,(H3,16,18,19,20). The van der Waals surface area contributed by atoms with Gasteiger partial charge >= 0.3 is 0 Å². The Labute approximate surface area is 739 Å². The number of ether oxygens (including phenoxy) is 1. The van der Waals surface area contributed by atoms with Crippen LogP contribution < -0.4 is 60.0 Å². The van der Waals surface area contributed by atoms with Crippen LogP contribution in [-0.2, 0) is 25.7 Å². The number of anilines is 15. The van der Waals surface area contributed by atoms with Crippen molar-refractivity contribution >= 4 is 144 Å². The van der Waals surface area contributed by atoms with E-state index in [2.05, 4.69) is 153 Å². The summed E-state index contributed by atoms with van der Waals surface area (Å²) in [6.07, 6.45) is 33.0. The number of nitrogens with two attached hydrogens (primary N) is 5. The summed E-state index contributed by atoms with van der Waals surface area (Å²) >= 11 is 4.40. The van der Waals surface area contributed by atoms with Crippen molar-refractivity contribution in [3.63, 3.8) is 0 Å². The van der Waals surface area contributed by atoms with Crippen molar-refractivity contribution in [3.05, 3.63) is 339 Å². The Kier molecular flexibility index (Phi) is 27.2. The summed E-state index contributed by atoms with van der Waals surface area (Å²) in [6.45, 7) is 0. The zero-order chi connectivity index (χ0) is 87.2. The average Bonchev–Trinajstić information content (AvgIpc) is 1.74. The molecule has 0 amide bonds. The van der Waals surface area contributed by atoms with Gasteiger partial charge in [-0.15, -0.1) is 0 Å². The molecule has 2 aliphatic carbocycles. The molecule has 0 atom stereocenters. The quantitative estimate of drug-likeness (QED) is 0.0339. The molecule has 0 fully saturated rings. The minimum Gasteiger partial charge on any atom is -0.454 e. The molecule has 0 unspecified atom stereocenters. The number of benzene rings is 6. The topological polar surface area (TPSA) is 411 Å². The highest BCUT2D eigenvalue weighted by Crippen LogP contribution is 2.39. The molecule has 18 aromatic rings. The molecule has 12 heterocycles. The average molecular weight is 1740 g/mol. The first-order valence-corrected chi connectivity index (χ1v) is 42.2. The molecule has 15 N–H and O–H groups in total. The first kappa shape index (κ1) is 84.7. The number of aromatic nitrogens is 17. The minimum absolute atomic E-state index is 0.104. The van der Waals surface area contributed by atoms with E-state index in [1.54, 1.807) is 147 Å². The lowest BCUT2D eigenvalue weighted by Crippen LogP contribution is -2.12. The van der Waals surface area contributed by atoms with Gasteiger partial charge in [0.05, 0.1) is 22.6 Å². The van der Waals surface area contributed by atoms with Crippen LogP contribution in [-0.4, -0.2) is 84.3 Å². The number of nitrogens with one attached hydrogen (secondary N) is 5. The lowest BCUT2D eigenvalue weighted by atomic mass is 9.96. The van der Waals surface area contributed by atoms with E-state index < -0.39 is 5.82 Å². The molecule has 20 rings (SSSR count). The Balaban J connectivity index is 0.000000118. The fraction of sp³-hybridized carbons (Fsp3) is 0.0753. The summed E-state index contributed by atoms with van der Waals surface area (Å²) in [5.74, 6) is 3.80. The van der Waals surface area contributed by atoms with Crippen molar-refractivity contribution < 1.29 is 17.9 Å². The van der Waals surface area contributed by atoms with E-state index in [-0.39, 0.29) is 41.2 Å². The van der Waals surface area contributed by atoms with Crippen LogP contribution in [0, 0.1) is 17.5 Å². The monoisotopic (exact) mass is 1740 g/mol. The Morgan fingerprint density at radius 3 is 1.40 bits per heavy atom. The van der Waals surface area contributed by atoms with Crippen LogP contribution in [0.15, 0.2) is 329 Å². The number of fused-ring (bicyclic) bond motifs is 4. The molecular formula is C93H78F3N27OS3. The van der Waals surface area contributed by atoms with E-state index in [0.717, 1.165) is 132 Å². The highest BCUT2D eigenvalue weighted by Gasteiger charge is 2.22. The van der Waals surface area contributed by atoms with Crippen molar-refractivity contribution in [1.29, 1.82) is 0 Å². The van der Waals surface area contributed by atoms with Gasteiger partial charge in [0.1, 0.15) is 46.5 Å². The van der Waals surface area contributed by atoms with Crippen LogP contribution in [0.25, 0.3) is 38.6 Å². The van der Waals surface area contributed by atoms with Gasteiger partial charge in [0.2, 0.25) is 29.7 Å². The number of hydrogen-bond acceptors (Lipinski definition) is 30. The Bertz CT molecular complexity index is 6810. The summed E-state index contributed by atoms with van der Waals surface area (Å²) in [5.41, 5.74) is 40.4. The maximum atomic E-state index is 14.8. The molecule has 127 heavy (non-hydrogen) atoms. The second-order valence-electron chi connectivity index (χ2n) is 28.2. The number of nitrogen functional groups attached to an aromatic ring is 5. The molecule has 2 aliphatic rings. The zero-order valence-electron chi connectivity index (χ0n) is 67.5. The Morgan fingerprint density at radius 1 is 0.339 bits per heavy atom. The second kappa shape index (κ2) is 40.8. The van der Waals surface area contributed by atoms with Gasteiger partial charge in [-0.1, -0.05) is 47.4 Å². The molecule has 0 bridgehead atoms. The molecular weight excluding hydrogens is 1660 g/mol. The van der Waals surface area contributed by atoms with Crippen molar-refractivity contribution in [2.24, 2.45) is 0 Å². The summed E-state index contributed by atoms with van der Waals surface area (Å²) in [5, 5.41) is 18.8. The summed E-state index contributed by atoms with van der Waals surface area (Å²) in [7, 11) is 0. The molecule has 630 valence electrons. The number of rotatable bonds is 20. The van der Waals surface area contributed by atoms with Crippen molar-refractivity contribution in [2.75, 3.05) is 55.3 Å². The highest BCUT2D eigenvalue weighted by atomic mass is 32.2. The van der Waals surface area contributed by atoms with Gasteiger partial charge in [-0.3, -0.25) is 29.9 Å². The minimum atomic E-state index is -0.516. The van der Waals surface area contributed by atoms with Gasteiger partial charge in [-0.25, -0.2) is 38.1 Å². The van der Waals surface area contributed by atoms with Crippen LogP contribution in [0.4, 0.5) is 100 Å². The van der Waals surface area contributed by atoms with Crippen molar-refractivity contribution in [1.82, 2.24) is 84.3 Å². The normalized spacial score (nSPS) is 11.6. The van der Waals surface area contributed by atoms with E-state index in [1.807, 2.05) is 97.1 Å². The smallest absolute Gasteiger partial charge is 0.222 e. The molecule has 12 aromatic heterocycles. The molecule has 28 nitrogen and oxygen atoms in total. The number of halogens is 3. The maximum Gasteiger partial charge on any atom is 0.222 e. The maximum absolute atomic E-state index is 14.8. The fourth-order valence-electron chi connectivity index (χ4n) is 13.5. The highest BCUT2D eigenvalue weighted by molar-refractivity contribution is 7.99. The van der Waals surface area contributed by atoms with Crippen LogP contribution in [0.2, 0.25) is 0 Å². The van der Waals surface area contributed by atoms with Gasteiger partial charge in [0.25, 0.3) is 0 Å². The number of pyridine rings is 6. The van der Waals surface area contributed by atoms with Crippen LogP contribution in [0.1, 0.15) is 41.8 Å². The van der Waals surface area contributed by atoms with E-state index >= 15 is 0 Å². The largest absolute Gasteiger partial charge is 0.454 e. The van der Waals surface area contributed by atoms with Crippen LogP contribution in [0.3, 0.4) is 0 Å². The third-order valence-corrected chi connectivity index (χ3v) is 22.5. The molecule has 0 radical (unpaired) electrons. The molecule has 0 saturated carbocycles. The number of nitrogens with zero attached hydrogens (tertiary/aromatic N) is 17. The number of aryl methyl sites for hydroxylation is 2. The lowest BCUT2D eigenvalue weighted by Gasteiger charge is -2.19. The van der Waals surface area contributed by atoms with E-state index in [4.69, 9.17) is 33.4 Å². The predicted molar refractivity (Wildman–Crippen MR) is 494 cm³/mol. The third-order valence-electron chi connectivity index (χ3n) is 19.3. The fourth-order valence-corrected chi connectivity index (χ4v) is 15.9. The third kappa shape index (κ3) is 22.9. The second-order valence-corrected chi connectivity index (χ2v) is 31.5. The SMILES string of the molecule is Nc1nc(Nc2ccc(Oc3cccc4cnccc34)c(F)c2)cc(-c2ccncc2)n1.Nc1nc2c(c(Nc3ccc(Sc4ccncc4)c(F)c3)n1)CCCC2.Nc1nc2c(c(Nc3ccc4c(ccn4-c4ccncc4)c3)n1)CCC2.Nc1nccc(Nc2ccc(Sc3ccncc3)c(F)c2)n1.Nc1nccc(Nc2ccc(Sc3ccncc3)cc2)n1. The molecule has 0 aliphatic heterocycles. The van der Waals surface area contributed by atoms with Gasteiger partial charge in [-0.2, -0.15) is 24.9 Å². The van der Waals surface area contributed by atoms with Crippen LogP contribution >= 0.6 is 35.3 Å². The molecule has 6 aromatic carbocycles. The first-order valence-electron chi connectivity index (χ1n) is 39.7. The Morgan fingerprint density at radius 2 is 0.811 bits per heavy atom. The Hall–Kier alpha value is -15.9. The predicted octanol–water partition coefficient (Wildman–Crippen LogP) is 20.2. The zero-order valence-corrected chi connectivity index (χ0v) is 69.9. The van der Waals surface area contributed by atoms with Gasteiger partial charge in [0, 0.05) is 201 Å². The lowest BCUT2D eigenvalue weighted by molar-refractivity contribution is 0.447. The summed E-state index contributed by atoms with van der Waals surface area (Å²) in [6, 6.07) is 62.7. The van der Waals surface area contributed by atoms with E-state index in [9.17, 15) is 13.2 Å². The van der Waals surface area contributed by atoms with Crippen LogP contribution in [0.5, 0.6) is 11.5 Å². The molecule has 0 spiro atoms. The number of hydrogen-bond donors (Lipinski definition) is 10. The molecule has 0 saturated heterocycles. The van der Waals surface area contributed by atoms with E-state index in [1.165, 1.54) is 53.5 Å². The summed E-state index contributed by atoms with van der Waals surface area (Å²) in [4.78, 5) is 71.1. The first-order chi connectivity index (χ1) is 62.1. The van der Waals surface area contributed by atoms with E-state index in [0.29, 0.717) is 67.5 Å².